The first-order chi connectivity index (χ1) is 12.7. The van der Waals surface area contributed by atoms with Gasteiger partial charge in [0.05, 0.1) is 43.2 Å². The Morgan fingerprint density at radius 2 is 1.96 bits per heavy atom. The third-order valence-corrected chi connectivity index (χ3v) is 4.44. The topological polar surface area (TPSA) is 59.5 Å². The highest BCUT2D eigenvalue weighted by atomic mass is 16.5. The second-order valence-corrected chi connectivity index (χ2v) is 6.20. The molecule has 0 fully saturated rings. The molecule has 0 atom stereocenters. The van der Waals surface area contributed by atoms with Gasteiger partial charge in [0.15, 0.2) is 0 Å². The summed E-state index contributed by atoms with van der Waals surface area (Å²) in [6.45, 7) is 4.68. The van der Waals surface area contributed by atoms with Gasteiger partial charge in [-0.1, -0.05) is 6.07 Å². The summed E-state index contributed by atoms with van der Waals surface area (Å²) in [5, 5.41) is 3.33. The molecule has 132 valence electrons. The number of aromatic nitrogens is 2. The van der Waals surface area contributed by atoms with Gasteiger partial charge in [-0.05, 0) is 37.6 Å². The first-order valence-corrected chi connectivity index (χ1v) is 8.40. The number of hydrogen-bond acceptors (Lipinski definition) is 6. The number of nitrogens with one attached hydrogen (secondary N) is 1. The lowest BCUT2D eigenvalue weighted by atomic mass is 10.2. The van der Waals surface area contributed by atoms with Gasteiger partial charge >= 0.3 is 0 Å². The van der Waals surface area contributed by atoms with Gasteiger partial charge in [-0.25, -0.2) is 4.98 Å². The molecule has 3 heterocycles. The quantitative estimate of drug-likeness (QED) is 0.753. The molecule has 0 unspecified atom stereocenters. The van der Waals surface area contributed by atoms with Crippen molar-refractivity contribution in [2.45, 2.75) is 13.8 Å². The van der Waals surface area contributed by atoms with Crippen LogP contribution < -0.4 is 19.7 Å². The molecular weight excluding hydrogens is 328 g/mol. The van der Waals surface area contributed by atoms with Crippen LogP contribution in [0.25, 0.3) is 0 Å². The van der Waals surface area contributed by atoms with E-state index in [1.165, 1.54) is 0 Å². The summed E-state index contributed by atoms with van der Waals surface area (Å²) in [5.41, 5.74) is 5.16. The summed E-state index contributed by atoms with van der Waals surface area (Å²) in [7, 11) is 1.65. The number of ether oxygens (including phenoxy) is 2. The van der Waals surface area contributed by atoms with Crippen molar-refractivity contribution in [3.63, 3.8) is 0 Å². The third-order valence-electron chi connectivity index (χ3n) is 4.44. The number of benzene rings is 1. The summed E-state index contributed by atoms with van der Waals surface area (Å²) >= 11 is 0. The zero-order valence-electron chi connectivity index (χ0n) is 15.0. The molecule has 1 aromatic carbocycles. The summed E-state index contributed by atoms with van der Waals surface area (Å²) < 4.78 is 11.3. The van der Waals surface area contributed by atoms with Crippen LogP contribution in [-0.2, 0) is 0 Å². The minimum atomic E-state index is 0.585. The molecule has 0 saturated carbocycles. The number of hydrogen-bond donors (Lipinski definition) is 1. The van der Waals surface area contributed by atoms with Gasteiger partial charge in [0.2, 0.25) is 5.88 Å². The zero-order valence-corrected chi connectivity index (χ0v) is 15.0. The van der Waals surface area contributed by atoms with Gasteiger partial charge in [0.1, 0.15) is 11.5 Å². The first kappa shape index (κ1) is 16.2. The fraction of sp³-hybridized carbons (Fsp3) is 0.200. The van der Waals surface area contributed by atoms with Crippen molar-refractivity contribution in [1.29, 1.82) is 0 Å². The van der Waals surface area contributed by atoms with E-state index in [1.54, 1.807) is 13.3 Å². The average Bonchev–Trinajstić information content (AvgIpc) is 3.09. The maximum Gasteiger partial charge on any atom is 0.222 e. The molecular formula is C20H20N4O2. The summed E-state index contributed by atoms with van der Waals surface area (Å²) in [6.07, 6.45) is 5.45. The number of aryl methyl sites for hydroxylation is 2. The lowest BCUT2D eigenvalue weighted by Gasteiger charge is -2.19. The van der Waals surface area contributed by atoms with Crippen molar-refractivity contribution in [3.8, 4) is 17.4 Å². The SMILES string of the molecule is COc1cc(Oc2ncc(N3CNc4cnccc43)cc2C)ccc1C. The van der Waals surface area contributed by atoms with Crippen LogP contribution in [-0.4, -0.2) is 23.7 Å². The molecule has 26 heavy (non-hydrogen) atoms. The van der Waals surface area contributed by atoms with E-state index in [2.05, 4.69) is 26.3 Å². The predicted molar refractivity (Wildman–Crippen MR) is 102 cm³/mol. The van der Waals surface area contributed by atoms with E-state index < -0.39 is 0 Å². The second kappa shape index (κ2) is 6.55. The number of methoxy groups -OCH3 is 1. The van der Waals surface area contributed by atoms with Crippen molar-refractivity contribution in [1.82, 2.24) is 9.97 Å². The molecule has 0 aliphatic carbocycles. The largest absolute Gasteiger partial charge is 0.496 e. The summed E-state index contributed by atoms with van der Waals surface area (Å²) in [5.74, 6) is 2.09. The molecule has 4 rings (SSSR count). The molecule has 1 N–H and O–H groups in total. The van der Waals surface area contributed by atoms with E-state index in [4.69, 9.17) is 9.47 Å². The molecule has 1 aliphatic heterocycles. The number of fused-ring (bicyclic) bond motifs is 1. The monoisotopic (exact) mass is 348 g/mol. The Morgan fingerprint density at radius 1 is 1.08 bits per heavy atom. The lowest BCUT2D eigenvalue weighted by Crippen LogP contribution is -2.16. The molecule has 0 amide bonds. The fourth-order valence-corrected chi connectivity index (χ4v) is 3.02. The van der Waals surface area contributed by atoms with Crippen molar-refractivity contribution < 1.29 is 9.47 Å². The Morgan fingerprint density at radius 3 is 2.77 bits per heavy atom. The molecule has 6 heteroatoms. The predicted octanol–water partition coefficient (Wildman–Crippen LogP) is 4.42. The molecule has 0 spiro atoms. The van der Waals surface area contributed by atoms with E-state index in [0.717, 1.165) is 33.9 Å². The Hall–Kier alpha value is -3.28. The molecule has 1 aliphatic rings. The van der Waals surface area contributed by atoms with Crippen LogP contribution in [0, 0.1) is 13.8 Å². The normalized spacial score (nSPS) is 12.5. The van der Waals surface area contributed by atoms with E-state index in [-0.39, 0.29) is 0 Å². The van der Waals surface area contributed by atoms with Crippen LogP contribution in [0.15, 0.2) is 48.9 Å². The second-order valence-electron chi connectivity index (χ2n) is 6.20. The van der Waals surface area contributed by atoms with Gasteiger partial charge in [-0.15, -0.1) is 0 Å². The maximum absolute atomic E-state index is 5.96. The fourth-order valence-electron chi connectivity index (χ4n) is 3.02. The third kappa shape index (κ3) is 2.90. The Bertz CT molecular complexity index is 958. The van der Waals surface area contributed by atoms with Gasteiger partial charge < -0.3 is 19.7 Å². The minimum Gasteiger partial charge on any atom is -0.496 e. The van der Waals surface area contributed by atoms with Crippen LogP contribution in [0.1, 0.15) is 11.1 Å². The standard InChI is InChI=1S/C20H20N4O2/c1-13-4-5-16(9-19(13)25-3)26-20-14(2)8-15(10-22-20)24-12-23-17-11-21-7-6-18(17)24/h4-11,23H,12H2,1-3H3. The molecule has 2 aromatic heterocycles. The van der Waals surface area contributed by atoms with Crippen molar-refractivity contribution >= 4 is 17.1 Å². The smallest absolute Gasteiger partial charge is 0.222 e. The average molecular weight is 348 g/mol. The molecule has 0 bridgehead atoms. The Balaban J connectivity index is 1.59. The van der Waals surface area contributed by atoms with Gasteiger partial charge in [0, 0.05) is 17.8 Å². The van der Waals surface area contributed by atoms with E-state index >= 15 is 0 Å². The molecule has 0 saturated heterocycles. The Labute approximate surface area is 152 Å². The van der Waals surface area contributed by atoms with Crippen LogP contribution in [0.5, 0.6) is 17.4 Å². The highest BCUT2D eigenvalue weighted by Gasteiger charge is 2.20. The lowest BCUT2D eigenvalue weighted by molar-refractivity contribution is 0.404. The van der Waals surface area contributed by atoms with Crippen molar-refractivity contribution in [2.24, 2.45) is 0 Å². The zero-order chi connectivity index (χ0) is 18.1. The summed E-state index contributed by atoms with van der Waals surface area (Å²) in [6, 6.07) is 9.83. The van der Waals surface area contributed by atoms with Crippen LogP contribution in [0.2, 0.25) is 0 Å². The van der Waals surface area contributed by atoms with Crippen molar-refractivity contribution in [2.75, 3.05) is 24.0 Å². The number of pyridine rings is 2. The Kier molecular flexibility index (Phi) is 4.08. The van der Waals surface area contributed by atoms with E-state index in [0.29, 0.717) is 18.3 Å². The molecule has 6 nitrogen and oxygen atoms in total. The molecule has 0 radical (unpaired) electrons. The number of anilines is 3. The minimum absolute atomic E-state index is 0.585. The van der Waals surface area contributed by atoms with E-state index in [9.17, 15) is 0 Å². The first-order valence-electron chi connectivity index (χ1n) is 8.40. The highest BCUT2D eigenvalue weighted by molar-refractivity contribution is 5.80. The van der Waals surface area contributed by atoms with Gasteiger partial charge in [-0.2, -0.15) is 0 Å². The van der Waals surface area contributed by atoms with Crippen molar-refractivity contribution in [3.05, 3.63) is 60.0 Å². The maximum atomic E-state index is 5.96. The van der Waals surface area contributed by atoms with Crippen LogP contribution in [0.4, 0.5) is 17.1 Å². The number of nitrogens with zero attached hydrogens (tertiary/aromatic N) is 3. The van der Waals surface area contributed by atoms with Crippen LogP contribution in [0.3, 0.4) is 0 Å². The highest BCUT2D eigenvalue weighted by Crippen LogP contribution is 2.37. The summed E-state index contributed by atoms with van der Waals surface area (Å²) in [4.78, 5) is 10.8. The van der Waals surface area contributed by atoms with Gasteiger partial charge in [0.25, 0.3) is 0 Å². The number of rotatable bonds is 4. The molecule has 3 aromatic rings. The van der Waals surface area contributed by atoms with Gasteiger partial charge in [-0.3, -0.25) is 4.98 Å². The van der Waals surface area contributed by atoms with E-state index in [1.807, 2.05) is 50.5 Å². The van der Waals surface area contributed by atoms with Crippen LogP contribution >= 0.6 is 0 Å².